The number of anilines is 1. The zero-order valence-electron chi connectivity index (χ0n) is 16.2. The van der Waals surface area contributed by atoms with Crippen molar-refractivity contribution < 1.29 is 9.53 Å². The highest BCUT2D eigenvalue weighted by molar-refractivity contribution is 5.99. The van der Waals surface area contributed by atoms with E-state index in [2.05, 4.69) is 45.0 Å². The van der Waals surface area contributed by atoms with Crippen LogP contribution in [0, 0.1) is 0 Å². The molecule has 0 radical (unpaired) electrons. The maximum absolute atomic E-state index is 12.8. The molecule has 2 unspecified atom stereocenters. The number of carbonyl (C=O) groups is 1. The number of rotatable bonds is 3. The van der Waals surface area contributed by atoms with Gasteiger partial charge >= 0.3 is 0 Å². The molecule has 26 heavy (non-hydrogen) atoms. The highest BCUT2D eigenvalue weighted by Gasteiger charge is 2.32. The first-order valence-corrected chi connectivity index (χ1v) is 9.14. The summed E-state index contributed by atoms with van der Waals surface area (Å²) in [5, 5.41) is 0. The second-order valence-electron chi connectivity index (χ2n) is 8.15. The van der Waals surface area contributed by atoms with Gasteiger partial charge in [-0.2, -0.15) is 0 Å². The third kappa shape index (κ3) is 3.61. The molecule has 2 aromatic rings. The van der Waals surface area contributed by atoms with E-state index in [1.54, 1.807) is 6.92 Å². The summed E-state index contributed by atoms with van der Waals surface area (Å²) in [7, 11) is 0. The number of ether oxygens (including phenoxy) is 1. The lowest BCUT2D eigenvalue weighted by molar-refractivity contribution is -0.125. The molecular formula is C22H28N2O2. The van der Waals surface area contributed by atoms with Crippen molar-refractivity contribution in [1.29, 1.82) is 0 Å². The normalized spacial score (nSPS) is 18.3. The molecule has 3 rings (SSSR count). The highest BCUT2D eigenvalue weighted by Crippen LogP contribution is 2.37. The Kier molecular flexibility index (Phi) is 4.80. The Bertz CT molecular complexity index is 804. The van der Waals surface area contributed by atoms with Gasteiger partial charge < -0.3 is 15.4 Å². The summed E-state index contributed by atoms with van der Waals surface area (Å²) in [6, 6.07) is 14.2. The van der Waals surface area contributed by atoms with Crippen LogP contribution < -0.4 is 15.4 Å². The fourth-order valence-electron chi connectivity index (χ4n) is 3.16. The fourth-order valence-corrected chi connectivity index (χ4v) is 3.16. The van der Waals surface area contributed by atoms with Crippen LogP contribution in [0.25, 0.3) is 0 Å². The minimum Gasteiger partial charge on any atom is -0.479 e. The van der Waals surface area contributed by atoms with Crippen LogP contribution in [0.2, 0.25) is 0 Å². The van der Waals surface area contributed by atoms with Crippen molar-refractivity contribution in [2.24, 2.45) is 5.73 Å². The third-order valence-electron chi connectivity index (χ3n) is 4.88. The van der Waals surface area contributed by atoms with Gasteiger partial charge in [0.1, 0.15) is 5.75 Å². The Balaban J connectivity index is 1.94. The molecule has 0 saturated carbocycles. The van der Waals surface area contributed by atoms with Crippen molar-refractivity contribution in [2.45, 2.75) is 58.7 Å². The van der Waals surface area contributed by atoms with Gasteiger partial charge in [-0.1, -0.05) is 51.1 Å². The standard InChI is InChI=1S/C22H28N2O2/c1-14(23)17-8-11-20-19(12-17)24(21(25)15(2)26-20)13-16-6-9-18(10-7-16)22(3,4)5/h6-12,14-15H,13,23H2,1-5H3. The van der Waals surface area contributed by atoms with Crippen LogP contribution in [-0.4, -0.2) is 12.0 Å². The number of hydrogen-bond donors (Lipinski definition) is 1. The topological polar surface area (TPSA) is 55.6 Å². The monoisotopic (exact) mass is 352 g/mol. The van der Waals surface area contributed by atoms with E-state index >= 15 is 0 Å². The van der Waals surface area contributed by atoms with Crippen molar-refractivity contribution in [3.8, 4) is 5.75 Å². The lowest BCUT2D eigenvalue weighted by atomic mass is 9.86. The Morgan fingerprint density at radius 1 is 1.15 bits per heavy atom. The van der Waals surface area contributed by atoms with Crippen molar-refractivity contribution in [2.75, 3.05) is 4.90 Å². The smallest absolute Gasteiger partial charge is 0.268 e. The van der Waals surface area contributed by atoms with Crippen LogP contribution in [0.5, 0.6) is 5.75 Å². The van der Waals surface area contributed by atoms with Crippen molar-refractivity contribution in [3.63, 3.8) is 0 Å². The van der Waals surface area contributed by atoms with Gasteiger partial charge in [-0.3, -0.25) is 4.79 Å². The molecule has 2 N–H and O–H groups in total. The molecule has 1 aliphatic rings. The van der Waals surface area contributed by atoms with E-state index in [1.807, 2.05) is 30.0 Å². The Labute approximate surface area is 156 Å². The van der Waals surface area contributed by atoms with E-state index in [0.29, 0.717) is 6.54 Å². The molecule has 138 valence electrons. The summed E-state index contributed by atoms with van der Waals surface area (Å²) >= 11 is 0. The van der Waals surface area contributed by atoms with Crippen LogP contribution in [0.3, 0.4) is 0 Å². The van der Waals surface area contributed by atoms with Gasteiger partial charge in [0.05, 0.1) is 12.2 Å². The summed E-state index contributed by atoms with van der Waals surface area (Å²) in [6.07, 6.45) is -0.488. The summed E-state index contributed by atoms with van der Waals surface area (Å²) < 4.78 is 5.78. The molecule has 0 aromatic heterocycles. The number of nitrogens with zero attached hydrogens (tertiary/aromatic N) is 1. The quantitative estimate of drug-likeness (QED) is 0.895. The lowest BCUT2D eigenvalue weighted by Crippen LogP contribution is -2.44. The molecule has 0 spiro atoms. The highest BCUT2D eigenvalue weighted by atomic mass is 16.5. The number of hydrogen-bond acceptors (Lipinski definition) is 3. The van der Waals surface area contributed by atoms with Gasteiger partial charge in [0.15, 0.2) is 6.10 Å². The summed E-state index contributed by atoms with van der Waals surface area (Å²) in [4.78, 5) is 14.6. The van der Waals surface area contributed by atoms with Gasteiger partial charge in [-0.25, -0.2) is 0 Å². The van der Waals surface area contributed by atoms with Crippen molar-refractivity contribution in [1.82, 2.24) is 0 Å². The average Bonchev–Trinajstić information content (AvgIpc) is 2.58. The third-order valence-corrected chi connectivity index (χ3v) is 4.88. The molecule has 4 nitrogen and oxygen atoms in total. The Morgan fingerprint density at radius 3 is 2.38 bits per heavy atom. The molecule has 4 heteroatoms. The molecule has 0 bridgehead atoms. The minimum atomic E-state index is -0.488. The second kappa shape index (κ2) is 6.76. The van der Waals surface area contributed by atoms with Gasteiger partial charge in [-0.15, -0.1) is 0 Å². The van der Waals surface area contributed by atoms with Crippen LogP contribution >= 0.6 is 0 Å². The van der Waals surface area contributed by atoms with E-state index in [-0.39, 0.29) is 17.4 Å². The molecule has 2 atom stereocenters. The summed E-state index contributed by atoms with van der Waals surface area (Å²) in [6.45, 7) is 10.8. The van der Waals surface area contributed by atoms with Crippen LogP contribution in [0.15, 0.2) is 42.5 Å². The maximum Gasteiger partial charge on any atom is 0.268 e. The van der Waals surface area contributed by atoms with E-state index < -0.39 is 6.10 Å². The van der Waals surface area contributed by atoms with Gasteiger partial charge in [0.25, 0.3) is 5.91 Å². The molecule has 1 aliphatic heterocycles. The zero-order chi connectivity index (χ0) is 19.1. The molecule has 0 aliphatic carbocycles. The first-order valence-electron chi connectivity index (χ1n) is 9.14. The Hall–Kier alpha value is -2.33. The SMILES string of the molecule is CC1Oc2ccc(C(C)N)cc2N(Cc2ccc(C(C)(C)C)cc2)C1=O. The molecule has 1 amide bonds. The predicted octanol–water partition coefficient (Wildman–Crippen LogP) is 4.32. The first-order chi connectivity index (χ1) is 12.2. The van der Waals surface area contributed by atoms with Crippen LogP contribution in [0.4, 0.5) is 5.69 Å². The number of benzene rings is 2. The molecule has 1 heterocycles. The van der Waals surface area contributed by atoms with E-state index in [0.717, 1.165) is 22.6 Å². The van der Waals surface area contributed by atoms with Crippen LogP contribution in [-0.2, 0) is 16.8 Å². The van der Waals surface area contributed by atoms with E-state index in [1.165, 1.54) is 5.56 Å². The molecular weight excluding hydrogens is 324 g/mol. The first kappa shape index (κ1) is 18.5. The van der Waals surface area contributed by atoms with Gasteiger partial charge in [-0.05, 0) is 48.1 Å². The summed E-state index contributed by atoms with van der Waals surface area (Å²) in [5.41, 5.74) is 10.3. The van der Waals surface area contributed by atoms with E-state index in [9.17, 15) is 4.79 Å². The van der Waals surface area contributed by atoms with Crippen LogP contribution in [0.1, 0.15) is 57.4 Å². The molecule has 2 aromatic carbocycles. The number of amides is 1. The van der Waals surface area contributed by atoms with Crippen molar-refractivity contribution >= 4 is 11.6 Å². The predicted molar refractivity (Wildman–Crippen MR) is 105 cm³/mol. The number of nitrogens with two attached hydrogens (primary N) is 1. The average molecular weight is 352 g/mol. The largest absolute Gasteiger partial charge is 0.479 e. The maximum atomic E-state index is 12.8. The molecule has 0 saturated heterocycles. The second-order valence-corrected chi connectivity index (χ2v) is 8.15. The number of carbonyl (C=O) groups excluding carboxylic acids is 1. The van der Waals surface area contributed by atoms with Crippen molar-refractivity contribution in [3.05, 3.63) is 59.2 Å². The molecule has 0 fully saturated rings. The summed E-state index contributed by atoms with van der Waals surface area (Å²) in [5.74, 6) is 0.701. The van der Waals surface area contributed by atoms with Gasteiger partial charge in [0.2, 0.25) is 0 Å². The fraction of sp³-hybridized carbons (Fsp3) is 0.409. The lowest BCUT2D eigenvalue weighted by Gasteiger charge is -2.33. The van der Waals surface area contributed by atoms with Gasteiger partial charge in [0, 0.05) is 6.04 Å². The zero-order valence-corrected chi connectivity index (χ0v) is 16.2. The minimum absolute atomic E-state index is 0.0285. The number of fused-ring (bicyclic) bond motifs is 1. The van der Waals surface area contributed by atoms with E-state index in [4.69, 9.17) is 10.5 Å². The Morgan fingerprint density at radius 2 is 1.81 bits per heavy atom.